The van der Waals surface area contributed by atoms with Gasteiger partial charge in [-0.1, -0.05) is 20.8 Å². The van der Waals surface area contributed by atoms with Crippen molar-refractivity contribution in [3.63, 3.8) is 0 Å². The summed E-state index contributed by atoms with van der Waals surface area (Å²) in [6.45, 7) is 10.5. The third kappa shape index (κ3) is 2.17. The summed E-state index contributed by atoms with van der Waals surface area (Å²) in [7, 11) is 0. The van der Waals surface area contributed by atoms with Gasteiger partial charge in [0, 0.05) is 19.0 Å². The van der Waals surface area contributed by atoms with Crippen molar-refractivity contribution in [1.29, 1.82) is 0 Å². The summed E-state index contributed by atoms with van der Waals surface area (Å²) in [4.78, 5) is 14.2. The summed E-state index contributed by atoms with van der Waals surface area (Å²) in [5, 5.41) is 3.23. The van der Waals surface area contributed by atoms with Crippen LogP contribution in [-0.2, 0) is 4.79 Å². The van der Waals surface area contributed by atoms with E-state index in [2.05, 4.69) is 31.0 Å². The molecule has 1 amide bonds. The standard InChI is InChI=1S/C12H22N2O/c1-9(10-6-13-7-10)11(15)14-5-4-12(2,3)8-14/h9-10,13H,4-8H2,1-3H3. The van der Waals surface area contributed by atoms with E-state index < -0.39 is 0 Å². The van der Waals surface area contributed by atoms with Gasteiger partial charge in [0.2, 0.25) is 5.91 Å². The number of hydrogen-bond acceptors (Lipinski definition) is 2. The van der Waals surface area contributed by atoms with Crippen LogP contribution in [0.5, 0.6) is 0 Å². The van der Waals surface area contributed by atoms with Crippen LogP contribution in [0, 0.1) is 17.3 Å². The molecular weight excluding hydrogens is 188 g/mol. The highest BCUT2D eigenvalue weighted by atomic mass is 16.2. The Morgan fingerprint density at radius 1 is 1.47 bits per heavy atom. The van der Waals surface area contributed by atoms with Gasteiger partial charge >= 0.3 is 0 Å². The van der Waals surface area contributed by atoms with Gasteiger partial charge in [0.05, 0.1) is 0 Å². The molecule has 0 aromatic carbocycles. The van der Waals surface area contributed by atoms with Crippen molar-refractivity contribution < 1.29 is 4.79 Å². The van der Waals surface area contributed by atoms with Crippen molar-refractivity contribution in [2.45, 2.75) is 27.2 Å². The number of carbonyl (C=O) groups excluding carboxylic acids is 1. The van der Waals surface area contributed by atoms with Crippen molar-refractivity contribution >= 4 is 5.91 Å². The Kier molecular flexibility index (Phi) is 2.75. The lowest BCUT2D eigenvalue weighted by atomic mass is 9.88. The first-order valence-corrected chi connectivity index (χ1v) is 5.99. The molecule has 0 bridgehead atoms. The first-order chi connectivity index (χ1) is 6.99. The fourth-order valence-electron chi connectivity index (χ4n) is 2.45. The van der Waals surface area contributed by atoms with Crippen LogP contribution in [0.15, 0.2) is 0 Å². The van der Waals surface area contributed by atoms with Crippen LogP contribution >= 0.6 is 0 Å². The Bertz CT molecular complexity index is 258. The van der Waals surface area contributed by atoms with Gasteiger partial charge in [-0.05, 0) is 30.8 Å². The van der Waals surface area contributed by atoms with Gasteiger partial charge in [-0.3, -0.25) is 4.79 Å². The first kappa shape index (κ1) is 10.9. The minimum absolute atomic E-state index is 0.208. The number of rotatable bonds is 2. The van der Waals surface area contributed by atoms with E-state index >= 15 is 0 Å². The number of nitrogens with zero attached hydrogens (tertiary/aromatic N) is 1. The largest absolute Gasteiger partial charge is 0.342 e. The number of amides is 1. The molecule has 2 aliphatic rings. The van der Waals surface area contributed by atoms with Crippen molar-refractivity contribution in [1.82, 2.24) is 10.2 Å². The van der Waals surface area contributed by atoms with Gasteiger partial charge in [-0.15, -0.1) is 0 Å². The van der Waals surface area contributed by atoms with Crippen LogP contribution in [-0.4, -0.2) is 37.0 Å². The molecule has 3 heteroatoms. The highest BCUT2D eigenvalue weighted by Crippen LogP contribution is 2.30. The molecule has 3 nitrogen and oxygen atoms in total. The number of carbonyl (C=O) groups is 1. The Balaban J connectivity index is 1.90. The summed E-state index contributed by atoms with van der Waals surface area (Å²) < 4.78 is 0. The number of nitrogens with one attached hydrogen (secondary N) is 1. The second-order valence-corrected chi connectivity index (χ2v) is 5.88. The predicted octanol–water partition coefficient (Wildman–Crippen LogP) is 1.10. The Hall–Kier alpha value is -0.570. The average molecular weight is 210 g/mol. The van der Waals surface area contributed by atoms with Gasteiger partial charge in [-0.25, -0.2) is 0 Å². The third-order valence-corrected chi connectivity index (χ3v) is 3.90. The maximum Gasteiger partial charge on any atom is 0.225 e. The molecule has 0 aromatic rings. The van der Waals surface area contributed by atoms with E-state index in [1.807, 2.05) is 0 Å². The van der Waals surface area contributed by atoms with Crippen LogP contribution in [0.4, 0.5) is 0 Å². The zero-order valence-corrected chi connectivity index (χ0v) is 10.0. The summed E-state index contributed by atoms with van der Waals surface area (Å²) in [5.41, 5.74) is 0.327. The normalized spacial score (nSPS) is 27.5. The molecule has 1 unspecified atom stereocenters. The topological polar surface area (TPSA) is 32.3 Å². The second-order valence-electron chi connectivity index (χ2n) is 5.88. The zero-order chi connectivity index (χ0) is 11.1. The van der Waals surface area contributed by atoms with Crippen molar-refractivity contribution in [3.8, 4) is 0 Å². The van der Waals surface area contributed by atoms with E-state index in [9.17, 15) is 4.79 Å². The fraction of sp³-hybridized carbons (Fsp3) is 0.917. The highest BCUT2D eigenvalue weighted by molar-refractivity contribution is 5.79. The number of hydrogen-bond donors (Lipinski definition) is 1. The van der Waals surface area contributed by atoms with E-state index in [1.165, 1.54) is 0 Å². The Labute approximate surface area is 92.2 Å². The van der Waals surface area contributed by atoms with E-state index in [0.717, 1.165) is 32.6 Å². The molecule has 0 radical (unpaired) electrons. The van der Waals surface area contributed by atoms with E-state index in [-0.39, 0.29) is 5.92 Å². The molecular formula is C12H22N2O. The van der Waals surface area contributed by atoms with Crippen LogP contribution in [0.3, 0.4) is 0 Å². The zero-order valence-electron chi connectivity index (χ0n) is 10.0. The lowest BCUT2D eigenvalue weighted by Crippen LogP contribution is -2.50. The van der Waals surface area contributed by atoms with Gasteiger partial charge in [0.25, 0.3) is 0 Å². The highest BCUT2D eigenvalue weighted by Gasteiger charge is 2.37. The molecule has 1 atom stereocenters. The molecule has 2 fully saturated rings. The van der Waals surface area contributed by atoms with E-state index in [0.29, 0.717) is 17.2 Å². The van der Waals surface area contributed by atoms with Crippen molar-refractivity contribution in [2.75, 3.05) is 26.2 Å². The maximum absolute atomic E-state index is 12.2. The molecule has 15 heavy (non-hydrogen) atoms. The molecule has 86 valence electrons. The summed E-state index contributed by atoms with van der Waals surface area (Å²) in [5.74, 6) is 1.15. The fourth-order valence-corrected chi connectivity index (χ4v) is 2.45. The van der Waals surface area contributed by atoms with Crippen LogP contribution in [0.1, 0.15) is 27.2 Å². The van der Waals surface area contributed by atoms with Gasteiger partial charge in [0.15, 0.2) is 0 Å². The smallest absolute Gasteiger partial charge is 0.225 e. The molecule has 0 aromatic heterocycles. The van der Waals surface area contributed by atoms with Crippen LogP contribution in [0.2, 0.25) is 0 Å². The molecule has 2 heterocycles. The molecule has 2 aliphatic heterocycles. The SMILES string of the molecule is CC(C(=O)N1CCC(C)(C)C1)C1CNC1. The Morgan fingerprint density at radius 3 is 2.53 bits per heavy atom. The minimum Gasteiger partial charge on any atom is -0.342 e. The second kappa shape index (κ2) is 3.78. The van der Waals surface area contributed by atoms with E-state index in [4.69, 9.17) is 0 Å². The lowest BCUT2D eigenvalue weighted by molar-refractivity contribution is -0.136. The molecule has 1 N–H and O–H groups in total. The number of likely N-dealkylation sites (tertiary alicyclic amines) is 1. The van der Waals surface area contributed by atoms with Gasteiger partial charge in [-0.2, -0.15) is 0 Å². The van der Waals surface area contributed by atoms with Crippen molar-refractivity contribution in [2.24, 2.45) is 17.3 Å². The maximum atomic E-state index is 12.2. The van der Waals surface area contributed by atoms with Gasteiger partial charge in [0.1, 0.15) is 0 Å². The third-order valence-electron chi connectivity index (χ3n) is 3.90. The quantitative estimate of drug-likeness (QED) is 0.740. The van der Waals surface area contributed by atoms with Gasteiger partial charge < -0.3 is 10.2 Å². The molecule has 2 saturated heterocycles. The summed E-state index contributed by atoms with van der Waals surface area (Å²) >= 11 is 0. The average Bonchev–Trinajstić information content (AvgIpc) is 2.41. The lowest BCUT2D eigenvalue weighted by Gasteiger charge is -2.34. The molecule has 0 spiro atoms. The molecule has 2 rings (SSSR count). The van der Waals surface area contributed by atoms with Crippen LogP contribution in [0.25, 0.3) is 0 Å². The Morgan fingerprint density at radius 2 is 2.13 bits per heavy atom. The summed E-state index contributed by atoms with van der Waals surface area (Å²) in [6, 6.07) is 0. The predicted molar refractivity (Wildman–Crippen MR) is 60.5 cm³/mol. The first-order valence-electron chi connectivity index (χ1n) is 5.99. The van der Waals surface area contributed by atoms with Crippen molar-refractivity contribution in [3.05, 3.63) is 0 Å². The minimum atomic E-state index is 0.208. The molecule has 0 saturated carbocycles. The summed E-state index contributed by atoms with van der Waals surface area (Å²) in [6.07, 6.45) is 1.15. The molecule has 0 aliphatic carbocycles. The monoisotopic (exact) mass is 210 g/mol. The van der Waals surface area contributed by atoms with E-state index in [1.54, 1.807) is 0 Å². The van der Waals surface area contributed by atoms with Crippen LogP contribution < -0.4 is 5.32 Å².